The summed E-state index contributed by atoms with van der Waals surface area (Å²) in [4.78, 5) is 14.4. The molecule has 2 N–H and O–H groups in total. The van der Waals surface area contributed by atoms with E-state index < -0.39 is 5.60 Å². The van der Waals surface area contributed by atoms with E-state index in [9.17, 15) is 9.90 Å². The molecule has 0 atom stereocenters. The average molecular weight is 399 g/mol. The molecule has 0 bridgehead atoms. The molecular weight excluding hydrogens is 368 g/mol. The number of nitrogens with one attached hydrogen (secondary N) is 1. The van der Waals surface area contributed by atoms with E-state index >= 15 is 0 Å². The van der Waals surface area contributed by atoms with Gasteiger partial charge in [0.2, 0.25) is 5.91 Å². The normalized spacial score (nSPS) is 16.2. The summed E-state index contributed by atoms with van der Waals surface area (Å²) in [5.41, 5.74) is 1.25. The maximum atomic E-state index is 12.3. The van der Waals surface area contributed by atoms with E-state index in [4.69, 9.17) is 9.47 Å². The van der Waals surface area contributed by atoms with Crippen LogP contribution in [-0.4, -0.2) is 56.3 Å². The number of nitrogens with zero attached hydrogens (tertiary/aromatic N) is 1. The maximum Gasteiger partial charge on any atom is 0.234 e. The molecular formula is C23H30N2O4. The van der Waals surface area contributed by atoms with E-state index in [2.05, 4.69) is 10.2 Å². The molecule has 0 saturated carbocycles. The second-order valence-electron chi connectivity index (χ2n) is 7.46. The van der Waals surface area contributed by atoms with E-state index in [1.807, 2.05) is 48.5 Å². The summed E-state index contributed by atoms with van der Waals surface area (Å²) in [5, 5.41) is 13.9. The highest BCUT2D eigenvalue weighted by Gasteiger charge is 2.34. The number of benzene rings is 2. The molecule has 6 heteroatoms. The van der Waals surface area contributed by atoms with Crippen LogP contribution in [0.1, 0.15) is 24.0 Å². The summed E-state index contributed by atoms with van der Waals surface area (Å²) in [7, 11) is 3.22. The lowest BCUT2D eigenvalue weighted by atomic mass is 9.84. The van der Waals surface area contributed by atoms with Crippen LogP contribution in [-0.2, 0) is 16.8 Å². The molecule has 0 unspecified atom stereocenters. The third-order valence-electron chi connectivity index (χ3n) is 5.55. The smallest absolute Gasteiger partial charge is 0.234 e. The predicted octanol–water partition coefficient (Wildman–Crippen LogP) is 2.35. The van der Waals surface area contributed by atoms with Gasteiger partial charge < -0.3 is 19.9 Å². The maximum absolute atomic E-state index is 12.3. The van der Waals surface area contributed by atoms with Gasteiger partial charge in [0.1, 0.15) is 0 Å². The van der Waals surface area contributed by atoms with Crippen molar-refractivity contribution >= 4 is 5.91 Å². The van der Waals surface area contributed by atoms with Crippen LogP contribution >= 0.6 is 0 Å². The van der Waals surface area contributed by atoms with Crippen molar-refractivity contribution < 1.29 is 19.4 Å². The van der Waals surface area contributed by atoms with Crippen LogP contribution in [0.4, 0.5) is 0 Å². The fourth-order valence-electron chi connectivity index (χ4n) is 3.76. The molecule has 156 valence electrons. The summed E-state index contributed by atoms with van der Waals surface area (Å²) in [5.74, 6) is 1.40. The van der Waals surface area contributed by atoms with Crippen LogP contribution in [0.25, 0.3) is 0 Å². The van der Waals surface area contributed by atoms with E-state index in [-0.39, 0.29) is 5.91 Å². The number of likely N-dealkylation sites (tertiary alicyclic amines) is 1. The lowest BCUT2D eigenvalue weighted by molar-refractivity contribution is -0.123. The van der Waals surface area contributed by atoms with Crippen molar-refractivity contribution in [3.63, 3.8) is 0 Å². The first-order chi connectivity index (χ1) is 14.0. The monoisotopic (exact) mass is 398 g/mol. The zero-order valence-electron chi connectivity index (χ0n) is 17.2. The molecule has 1 aliphatic rings. The van der Waals surface area contributed by atoms with E-state index in [0.717, 1.165) is 17.5 Å². The summed E-state index contributed by atoms with van der Waals surface area (Å²) >= 11 is 0. The minimum absolute atomic E-state index is 0.00984. The molecule has 0 spiro atoms. The number of rotatable bonds is 8. The minimum atomic E-state index is -0.790. The number of aliphatic hydroxyl groups is 1. The highest BCUT2D eigenvalue weighted by Crippen LogP contribution is 2.32. The first-order valence-corrected chi connectivity index (χ1v) is 10.0. The molecule has 1 saturated heterocycles. The quantitative estimate of drug-likeness (QED) is 0.714. The summed E-state index contributed by atoms with van der Waals surface area (Å²) in [6.07, 6.45) is 1.99. The Morgan fingerprint density at radius 2 is 1.76 bits per heavy atom. The summed E-state index contributed by atoms with van der Waals surface area (Å²) in [6.45, 7) is 2.33. The van der Waals surface area contributed by atoms with Crippen LogP contribution in [0.5, 0.6) is 11.5 Å². The van der Waals surface area contributed by atoms with Crippen LogP contribution < -0.4 is 14.8 Å². The van der Waals surface area contributed by atoms with Crippen molar-refractivity contribution in [2.24, 2.45) is 0 Å². The molecule has 0 aliphatic carbocycles. The minimum Gasteiger partial charge on any atom is -0.493 e. The van der Waals surface area contributed by atoms with E-state index in [0.29, 0.717) is 50.5 Å². The number of methoxy groups -OCH3 is 2. The standard InChI is InChI=1S/C23H30N2O4/c1-28-20-9-8-18(16-21(20)29-2)10-13-24-22(26)17-25-14-11-23(27,12-15-25)19-6-4-3-5-7-19/h3-9,16,27H,10-15,17H2,1-2H3,(H,24,26). The molecule has 0 aromatic heterocycles. The third-order valence-corrected chi connectivity index (χ3v) is 5.55. The number of hydrogen-bond acceptors (Lipinski definition) is 5. The number of piperidine rings is 1. The van der Waals surface area contributed by atoms with E-state index in [1.165, 1.54) is 0 Å². The largest absolute Gasteiger partial charge is 0.493 e. The predicted molar refractivity (Wildman–Crippen MR) is 112 cm³/mol. The van der Waals surface area contributed by atoms with Gasteiger partial charge in [-0.25, -0.2) is 0 Å². The van der Waals surface area contributed by atoms with Crippen molar-refractivity contribution in [2.45, 2.75) is 24.9 Å². The van der Waals surface area contributed by atoms with E-state index in [1.54, 1.807) is 14.2 Å². The van der Waals surface area contributed by atoms with Gasteiger partial charge in [0, 0.05) is 19.6 Å². The fraction of sp³-hybridized carbons (Fsp3) is 0.435. The molecule has 1 aliphatic heterocycles. The van der Waals surface area contributed by atoms with Gasteiger partial charge in [-0.05, 0) is 42.5 Å². The van der Waals surface area contributed by atoms with Crippen LogP contribution in [0.2, 0.25) is 0 Å². The molecule has 6 nitrogen and oxygen atoms in total. The Labute approximate surface area is 172 Å². The second kappa shape index (κ2) is 9.76. The van der Waals surface area contributed by atoms with Crippen molar-refractivity contribution in [3.8, 4) is 11.5 Å². The molecule has 2 aromatic rings. The number of carbonyl (C=O) groups is 1. The van der Waals surface area contributed by atoms with Crippen molar-refractivity contribution in [3.05, 3.63) is 59.7 Å². The first kappa shape index (κ1) is 21.1. The Morgan fingerprint density at radius 3 is 2.41 bits per heavy atom. The third kappa shape index (κ3) is 5.49. The summed E-state index contributed by atoms with van der Waals surface area (Å²) < 4.78 is 10.6. The van der Waals surface area contributed by atoms with Crippen LogP contribution in [0, 0.1) is 0 Å². The fourth-order valence-corrected chi connectivity index (χ4v) is 3.76. The average Bonchev–Trinajstić information content (AvgIpc) is 2.76. The van der Waals surface area contributed by atoms with Crippen LogP contribution in [0.3, 0.4) is 0 Å². The lowest BCUT2D eigenvalue weighted by Crippen LogP contribution is -2.46. The molecule has 1 amide bonds. The van der Waals surface area contributed by atoms with Gasteiger partial charge in [-0.15, -0.1) is 0 Å². The zero-order valence-corrected chi connectivity index (χ0v) is 17.2. The van der Waals surface area contributed by atoms with Gasteiger partial charge in [-0.1, -0.05) is 36.4 Å². The number of amides is 1. The Morgan fingerprint density at radius 1 is 1.07 bits per heavy atom. The Kier molecular flexibility index (Phi) is 7.12. The molecule has 2 aromatic carbocycles. The number of ether oxygens (including phenoxy) is 2. The Balaban J connectivity index is 1.42. The topological polar surface area (TPSA) is 71.0 Å². The second-order valence-corrected chi connectivity index (χ2v) is 7.46. The number of hydrogen-bond donors (Lipinski definition) is 2. The Hall–Kier alpha value is -2.57. The first-order valence-electron chi connectivity index (χ1n) is 10.0. The molecule has 0 radical (unpaired) electrons. The highest BCUT2D eigenvalue weighted by molar-refractivity contribution is 5.78. The van der Waals surface area contributed by atoms with Crippen molar-refractivity contribution in [1.29, 1.82) is 0 Å². The molecule has 1 fully saturated rings. The van der Waals surface area contributed by atoms with Gasteiger partial charge in [0.05, 0.1) is 26.4 Å². The van der Waals surface area contributed by atoms with Crippen LogP contribution in [0.15, 0.2) is 48.5 Å². The highest BCUT2D eigenvalue weighted by atomic mass is 16.5. The van der Waals surface area contributed by atoms with Gasteiger partial charge in [-0.2, -0.15) is 0 Å². The van der Waals surface area contributed by atoms with Gasteiger partial charge in [0.25, 0.3) is 0 Å². The molecule has 1 heterocycles. The molecule has 3 rings (SSSR count). The van der Waals surface area contributed by atoms with Gasteiger partial charge >= 0.3 is 0 Å². The summed E-state index contributed by atoms with van der Waals surface area (Å²) in [6, 6.07) is 15.6. The van der Waals surface area contributed by atoms with Crippen molar-refractivity contribution in [1.82, 2.24) is 10.2 Å². The zero-order chi connectivity index (χ0) is 20.7. The van der Waals surface area contributed by atoms with Gasteiger partial charge in [0.15, 0.2) is 11.5 Å². The SMILES string of the molecule is COc1ccc(CCNC(=O)CN2CCC(O)(c3ccccc3)CC2)cc1OC. The number of carbonyl (C=O) groups excluding carboxylic acids is 1. The molecule has 29 heavy (non-hydrogen) atoms. The van der Waals surface area contributed by atoms with Crippen molar-refractivity contribution in [2.75, 3.05) is 40.4 Å². The lowest BCUT2D eigenvalue weighted by Gasteiger charge is -2.38. The van der Waals surface area contributed by atoms with Gasteiger partial charge in [-0.3, -0.25) is 9.69 Å². The Bertz CT molecular complexity index is 802.